The third kappa shape index (κ3) is 4.21. The Kier molecular flexibility index (Phi) is 6.34. The van der Waals surface area contributed by atoms with Crippen molar-refractivity contribution >= 4 is 5.91 Å². The highest BCUT2D eigenvalue weighted by Gasteiger charge is 2.31. The molecule has 1 aliphatic carbocycles. The maximum Gasteiger partial charge on any atom is 0.222 e. The smallest absolute Gasteiger partial charge is 0.222 e. The second kappa shape index (κ2) is 8.02. The molecule has 2 rings (SSSR count). The van der Waals surface area contributed by atoms with Crippen molar-refractivity contribution in [2.75, 3.05) is 19.6 Å². The van der Waals surface area contributed by atoms with E-state index in [-0.39, 0.29) is 0 Å². The number of hydrogen-bond acceptors (Lipinski definition) is 2. The number of amides is 1. The summed E-state index contributed by atoms with van der Waals surface area (Å²) in [6.07, 6.45) is 9.52. The van der Waals surface area contributed by atoms with Gasteiger partial charge in [0.2, 0.25) is 5.91 Å². The molecule has 1 amide bonds. The fourth-order valence-electron chi connectivity index (χ4n) is 3.86. The topological polar surface area (TPSA) is 32.3 Å². The maximum absolute atomic E-state index is 12.4. The van der Waals surface area contributed by atoms with E-state index in [4.69, 9.17) is 0 Å². The lowest BCUT2D eigenvalue weighted by Gasteiger charge is -2.39. The van der Waals surface area contributed by atoms with Gasteiger partial charge in [-0.05, 0) is 44.1 Å². The molecule has 0 aromatic heterocycles. The standard InChI is InChI=1S/C17H32N2O/c1-3-10-18-16-9-11-19(13-15(16)4-2)17(20)12-14-7-5-6-8-14/h14-16,18H,3-13H2,1-2H3. The summed E-state index contributed by atoms with van der Waals surface area (Å²) in [5.41, 5.74) is 0. The van der Waals surface area contributed by atoms with E-state index in [0.29, 0.717) is 23.8 Å². The number of hydrogen-bond donors (Lipinski definition) is 1. The van der Waals surface area contributed by atoms with Crippen LogP contribution in [0.15, 0.2) is 0 Å². The van der Waals surface area contributed by atoms with Gasteiger partial charge in [-0.15, -0.1) is 0 Å². The van der Waals surface area contributed by atoms with E-state index in [1.165, 1.54) is 38.5 Å². The van der Waals surface area contributed by atoms with Crippen LogP contribution in [0.1, 0.15) is 65.2 Å². The first kappa shape index (κ1) is 15.8. The molecule has 2 aliphatic rings. The molecule has 20 heavy (non-hydrogen) atoms. The van der Waals surface area contributed by atoms with Gasteiger partial charge >= 0.3 is 0 Å². The molecule has 3 heteroatoms. The average molecular weight is 280 g/mol. The van der Waals surface area contributed by atoms with Gasteiger partial charge in [0.15, 0.2) is 0 Å². The molecule has 1 aliphatic heterocycles. The minimum Gasteiger partial charge on any atom is -0.342 e. The molecule has 1 saturated carbocycles. The van der Waals surface area contributed by atoms with Gasteiger partial charge in [-0.2, -0.15) is 0 Å². The Hall–Kier alpha value is -0.570. The predicted octanol–water partition coefficient (Wildman–Crippen LogP) is 3.19. The van der Waals surface area contributed by atoms with Crippen LogP contribution in [0.5, 0.6) is 0 Å². The van der Waals surface area contributed by atoms with Crippen LogP contribution in [0.4, 0.5) is 0 Å². The van der Waals surface area contributed by atoms with Gasteiger partial charge in [0.25, 0.3) is 0 Å². The van der Waals surface area contributed by atoms with Crippen molar-refractivity contribution in [2.24, 2.45) is 11.8 Å². The van der Waals surface area contributed by atoms with E-state index < -0.39 is 0 Å². The molecular formula is C17H32N2O. The molecule has 0 radical (unpaired) electrons. The molecule has 2 atom stereocenters. The highest BCUT2D eigenvalue weighted by molar-refractivity contribution is 5.76. The number of nitrogens with one attached hydrogen (secondary N) is 1. The average Bonchev–Trinajstić information content (AvgIpc) is 2.97. The number of nitrogens with zero attached hydrogens (tertiary/aromatic N) is 1. The van der Waals surface area contributed by atoms with Gasteiger partial charge in [0, 0.05) is 25.6 Å². The first-order chi connectivity index (χ1) is 9.74. The molecule has 0 bridgehead atoms. The van der Waals surface area contributed by atoms with Gasteiger partial charge in [-0.25, -0.2) is 0 Å². The molecule has 2 unspecified atom stereocenters. The Morgan fingerprint density at radius 3 is 2.60 bits per heavy atom. The summed E-state index contributed by atoms with van der Waals surface area (Å²) in [5, 5.41) is 3.67. The lowest BCUT2D eigenvalue weighted by atomic mass is 9.89. The summed E-state index contributed by atoms with van der Waals surface area (Å²) in [6.45, 7) is 7.52. The highest BCUT2D eigenvalue weighted by atomic mass is 16.2. The van der Waals surface area contributed by atoms with E-state index in [0.717, 1.165) is 32.5 Å². The second-order valence-electron chi connectivity index (χ2n) is 6.71. The van der Waals surface area contributed by atoms with E-state index >= 15 is 0 Å². The van der Waals surface area contributed by atoms with Crippen LogP contribution in [-0.2, 0) is 4.79 Å². The minimum atomic E-state index is 0.421. The highest BCUT2D eigenvalue weighted by Crippen LogP contribution is 2.29. The van der Waals surface area contributed by atoms with Crippen LogP contribution in [-0.4, -0.2) is 36.5 Å². The molecular weight excluding hydrogens is 248 g/mol. The summed E-state index contributed by atoms with van der Waals surface area (Å²) in [7, 11) is 0. The number of likely N-dealkylation sites (tertiary alicyclic amines) is 1. The Balaban J connectivity index is 1.80. The lowest BCUT2D eigenvalue weighted by molar-refractivity contribution is -0.134. The molecule has 2 fully saturated rings. The predicted molar refractivity (Wildman–Crippen MR) is 83.6 cm³/mol. The zero-order valence-corrected chi connectivity index (χ0v) is 13.4. The van der Waals surface area contributed by atoms with Crippen LogP contribution in [0, 0.1) is 11.8 Å². The molecule has 1 saturated heterocycles. The van der Waals surface area contributed by atoms with Crippen LogP contribution in [0.25, 0.3) is 0 Å². The quantitative estimate of drug-likeness (QED) is 0.810. The second-order valence-corrected chi connectivity index (χ2v) is 6.71. The Morgan fingerprint density at radius 2 is 1.95 bits per heavy atom. The van der Waals surface area contributed by atoms with Gasteiger partial charge in [-0.3, -0.25) is 4.79 Å². The fraction of sp³-hybridized carbons (Fsp3) is 0.941. The molecule has 3 nitrogen and oxygen atoms in total. The van der Waals surface area contributed by atoms with Crippen molar-refractivity contribution in [1.29, 1.82) is 0 Å². The van der Waals surface area contributed by atoms with Crippen molar-refractivity contribution in [3.63, 3.8) is 0 Å². The number of piperidine rings is 1. The van der Waals surface area contributed by atoms with Crippen LogP contribution < -0.4 is 5.32 Å². The van der Waals surface area contributed by atoms with Crippen molar-refractivity contribution < 1.29 is 4.79 Å². The third-order valence-electron chi connectivity index (χ3n) is 5.21. The van der Waals surface area contributed by atoms with Gasteiger partial charge < -0.3 is 10.2 Å². The van der Waals surface area contributed by atoms with Crippen molar-refractivity contribution in [2.45, 2.75) is 71.3 Å². The molecule has 116 valence electrons. The first-order valence-electron chi connectivity index (χ1n) is 8.75. The third-order valence-corrected chi connectivity index (χ3v) is 5.21. The zero-order chi connectivity index (χ0) is 14.4. The summed E-state index contributed by atoms with van der Waals surface area (Å²) < 4.78 is 0. The van der Waals surface area contributed by atoms with E-state index in [1.807, 2.05) is 0 Å². The largest absolute Gasteiger partial charge is 0.342 e. The van der Waals surface area contributed by atoms with Gasteiger partial charge in [0.05, 0.1) is 0 Å². The maximum atomic E-state index is 12.4. The van der Waals surface area contributed by atoms with Gasteiger partial charge in [-0.1, -0.05) is 33.1 Å². The van der Waals surface area contributed by atoms with Crippen LogP contribution in [0.3, 0.4) is 0 Å². The molecule has 1 heterocycles. The lowest BCUT2D eigenvalue weighted by Crippen LogP contribution is -2.51. The fourth-order valence-corrected chi connectivity index (χ4v) is 3.86. The summed E-state index contributed by atoms with van der Waals surface area (Å²) >= 11 is 0. The first-order valence-corrected chi connectivity index (χ1v) is 8.75. The van der Waals surface area contributed by atoms with Crippen LogP contribution >= 0.6 is 0 Å². The normalized spacial score (nSPS) is 28.0. The molecule has 0 aromatic rings. The van der Waals surface area contributed by atoms with Crippen molar-refractivity contribution in [3.8, 4) is 0 Å². The summed E-state index contributed by atoms with van der Waals surface area (Å²) in [4.78, 5) is 14.6. The summed E-state index contributed by atoms with van der Waals surface area (Å²) in [6, 6.07) is 0.621. The Bertz CT molecular complexity index is 299. The number of carbonyl (C=O) groups is 1. The van der Waals surface area contributed by atoms with Crippen LogP contribution in [0.2, 0.25) is 0 Å². The van der Waals surface area contributed by atoms with Crippen molar-refractivity contribution in [3.05, 3.63) is 0 Å². The summed E-state index contributed by atoms with van der Waals surface area (Å²) in [5.74, 6) is 1.74. The van der Waals surface area contributed by atoms with E-state index in [9.17, 15) is 4.79 Å². The van der Waals surface area contributed by atoms with E-state index in [2.05, 4.69) is 24.1 Å². The molecule has 0 aromatic carbocycles. The zero-order valence-electron chi connectivity index (χ0n) is 13.4. The Morgan fingerprint density at radius 1 is 1.20 bits per heavy atom. The Labute approximate surface area is 124 Å². The number of rotatable bonds is 6. The number of carbonyl (C=O) groups excluding carboxylic acids is 1. The monoisotopic (exact) mass is 280 g/mol. The van der Waals surface area contributed by atoms with E-state index in [1.54, 1.807) is 0 Å². The van der Waals surface area contributed by atoms with Gasteiger partial charge in [0.1, 0.15) is 0 Å². The minimum absolute atomic E-state index is 0.421. The molecule has 1 N–H and O–H groups in total. The SMILES string of the molecule is CCCNC1CCN(C(=O)CC2CCCC2)CC1CC. The van der Waals surface area contributed by atoms with Crippen molar-refractivity contribution in [1.82, 2.24) is 10.2 Å². The molecule has 0 spiro atoms.